The van der Waals surface area contributed by atoms with Crippen molar-refractivity contribution in [2.24, 2.45) is 0 Å². The van der Waals surface area contributed by atoms with Gasteiger partial charge in [0.2, 0.25) is 11.8 Å². The molecule has 1 heterocycles. The standard InChI is InChI=1S/C24H21NO3/c1-28-21-15-9-8-14-20(21)24(18-10-4-2-5-11-18,19-12-6-3-7-13-19)25-22(26)16-17-23(25)27/h2-15H,16-17H2,1H3. The third kappa shape index (κ3) is 2.69. The van der Waals surface area contributed by atoms with Gasteiger partial charge in [-0.25, -0.2) is 0 Å². The van der Waals surface area contributed by atoms with Crippen LogP contribution in [0.4, 0.5) is 0 Å². The predicted octanol–water partition coefficient (Wildman–Crippen LogP) is 4.14. The molecule has 1 aliphatic rings. The molecule has 0 spiro atoms. The molecule has 2 amide bonds. The topological polar surface area (TPSA) is 46.6 Å². The summed E-state index contributed by atoms with van der Waals surface area (Å²) in [5, 5.41) is 0. The Morgan fingerprint density at radius 3 is 1.68 bits per heavy atom. The van der Waals surface area contributed by atoms with Crippen molar-refractivity contribution in [1.82, 2.24) is 4.90 Å². The van der Waals surface area contributed by atoms with E-state index in [1.165, 1.54) is 4.90 Å². The molecule has 4 heteroatoms. The van der Waals surface area contributed by atoms with Gasteiger partial charge in [-0.3, -0.25) is 14.5 Å². The predicted molar refractivity (Wildman–Crippen MR) is 107 cm³/mol. The van der Waals surface area contributed by atoms with E-state index in [2.05, 4.69) is 0 Å². The zero-order chi connectivity index (χ0) is 19.6. The molecule has 4 nitrogen and oxygen atoms in total. The zero-order valence-corrected chi connectivity index (χ0v) is 15.7. The lowest BCUT2D eigenvalue weighted by molar-refractivity contribution is -0.143. The molecule has 3 aromatic rings. The molecule has 0 aromatic heterocycles. The van der Waals surface area contributed by atoms with Gasteiger partial charge in [0.25, 0.3) is 0 Å². The van der Waals surface area contributed by atoms with Gasteiger partial charge in [0, 0.05) is 18.4 Å². The molecular formula is C24H21NO3. The van der Waals surface area contributed by atoms with Gasteiger partial charge in [0.05, 0.1) is 7.11 Å². The Labute approximate surface area is 164 Å². The highest BCUT2D eigenvalue weighted by Crippen LogP contribution is 2.47. The molecule has 0 bridgehead atoms. The number of benzene rings is 3. The van der Waals surface area contributed by atoms with Gasteiger partial charge < -0.3 is 4.74 Å². The Morgan fingerprint density at radius 2 is 1.18 bits per heavy atom. The lowest BCUT2D eigenvalue weighted by Crippen LogP contribution is -2.51. The SMILES string of the molecule is COc1ccccc1C(c1ccccc1)(c1ccccc1)N1C(=O)CCC1=O. The Hall–Kier alpha value is -3.40. The highest BCUT2D eigenvalue weighted by Gasteiger charge is 2.51. The fraction of sp³-hybridized carbons (Fsp3) is 0.167. The number of rotatable bonds is 5. The molecule has 0 unspecified atom stereocenters. The minimum atomic E-state index is -1.10. The third-order valence-electron chi connectivity index (χ3n) is 5.27. The van der Waals surface area contributed by atoms with Crippen LogP contribution in [-0.2, 0) is 15.1 Å². The molecule has 28 heavy (non-hydrogen) atoms. The first kappa shape index (κ1) is 18.0. The van der Waals surface area contributed by atoms with E-state index in [9.17, 15) is 9.59 Å². The monoisotopic (exact) mass is 371 g/mol. The molecule has 0 saturated carbocycles. The van der Waals surface area contributed by atoms with Crippen molar-refractivity contribution in [3.8, 4) is 5.75 Å². The van der Waals surface area contributed by atoms with Gasteiger partial charge >= 0.3 is 0 Å². The van der Waals surface area contributed by atoms with Crippen LogP contribution in [0.1, 0.15) is 29.5 Å². The van der Waals surface area contributed by atoms with Gasteiger partial charge in [-0.15, -0.1) is 0 Å². The number of methoxy groups -OCH3 is 1. The third-order valence-corrected chi connectivity index (χ3v) is 5.27. The van der Waals surface area contributed by atoms with E-state index in [1.54, 1.807) is 7.11 Å². The average molecular weight is 371 g/mol. The van der Waals surface area contributed by atoms with Gasteiger partial charge in [-0.05, 0) is 17.2 Å². The Kier molecular flexibility index (Phi) is 4.70. The lowest BCUT2D eigenvalue weighted by atomic mass is 9.75. The second-order valence-electron chi connectivity index (χ2n) is 6.77. The molecule has 0 atom stereocenters. The first-order valence-corrected chi connectivity index (χ1v) is 9.30. The molecule has 0 radical (unpaired) electrons. The molecule has 1 fully saturated rings. The van der Waals surface area contributed by atoms with Crippen LogP contribution < -0.4 is 4.74 Å². The Balaban J connectivity index is 2.15. The van der Waals surface area contributed by atoms with Crippen molar-refractivity contribution in [2.45, 2.75) is 18.4 Å². The minimum absolute atomic E-state index is 0.177. The molecule has 0 N–H and O–H groups in total. The van der Waals surface area contributed by atoms with Crippen molar-refractivity contribution in [3.05, 3.63) is 102 Å². The van der Waals surface area contributed by atoms with Crippen LogP contribution in [0.2, 0.25) is 0 Å². The summed E-state index contributed by atoms with van der Waals surface area (Å²) in [4.78, 5) is 27.5. The van der Waals surface area contributed by atoms with Crippen LogP contribution in [0.5, 0.6) is 5.75 Å². The van der Waals surface area contributed by atoms with Gasteiger partial charge in [-0.2, -0.15) is 0 Å². The summed E-state index contributed by atoms with van der Waals surface area (Å²) in [5.41, 5.74) is 1.35. The van der Waals surface area contributed by atoms with E-state index in [1.807, 2.05) is 84.9 Å². The van der Waals surface area contributed by atoms with E-state index < -0.39 is 5.54 Å². The maximum absolute atomic E-state index is 13.0. The summed E-state index contributed by atoms with van der Waals surface area (Å²) < 4.78 is 5.68. The molecule has 1 saturated heterocycles. The van der Waals surface area contributed by atoms with E-state index in [0.29, 0.717) is 5.75 Å². The minimum Gasteiger partial charge on any atom is -0.496 e. The molecular weight excluding hydrogens is 350 g/mol. The summed E-state index contributed by atoms with van der Waals surface area (Å²) in [5.74, 6) is 0.273. The summed E-state index contributed by atoms with van der Waals surface area (Å²) in [7, 11) is 1.60. The number of amides is 2. The highest BCUT2D eigenvalue weighted by molar-refractivity contribution is 6.04. The number of nitrogens with zero attached hydrogens (tertiary/aromatic N) is 1. The first-order chi connectivity index (χ1) is 13.7. The number of carbonyl (C=O) groups excluding carboxylic acids is 2. The second kappa shape index (κ2) is 7.31. The van der Waals surface area contributed by atoms with Crippen LogP contribution in [0, 0.1) is 0 Å². The van der Waals surface area contributed by atoms with E-state index >= 15 is 0 Å². The van der Waals surface area contributed by atoms with Crippen LogP contribution >= 0.6 is 0 Å². The largest absolute Gasteiger partial charge is 0.496 e. The summed E-state index contributed by atoms with van der Waals surface area (Å²) in [6, 6.07) is 27.0. The van der Waals surface area contributed by atoms with Crippen molar-refractivity contribution in [1.29, 1.82) is 0 Å². The summed E-state index contributed by atoms with van der Waals surface area (Å²) >= 11 is 0. The fourth-order valence-electron chi connectivity index (χ4n) is 4.11. The van der Waals surface area contributed by atoms with Crippen LogP contribution in [0.15, 0.2) is 84.9 Å². The molecule has 0 aliphatic carbocycles. The number of carbonyl (C=O) groups is 2. The van der Waals surface area contributed by atoms with Crippen molar-refractivity contribution in [2.75, 3.05) is 7.11 Å². The number of hydrogen-bond acceptors (Lipinski definition) is 3. The van der Waals surface area contributed by atoms with Crippen LogP contribution in [-0.4, -0.2) is 23.8 Å². The average Bonchev–Trinajstić information content (AvgIpc) is 3.09. The molecule has 4 rings (SSSR count). The number of para-hydroxylation sites is 1. The normalized spacial score (nSPS) is 14.4. The lowest BCUT2D eigenvalue weighted by Gasteiger charge is -2.42. The number of ether oxygens (including phenoxy) is 1. The smallest absolute Gasteiger partial charge is 0.231 e. The van der Waals surface area contributed by atoms with E-state index in [0.717, 1.165) is 16.7 Å². The summed E-state index contributed by atoms with van der Waals surface area (Å²) in [6.07, 6.45) is 0.435. The summed E-state index contributed by atoms with van der Waals surface area (Å²) in [6.45, 7) is 0. The van der Waals surface area contributed by atoms with Crippen LogP contribution in [0.25, 0.3) is 0 Å². The number of imide groups is 1. The van der Waals surface area contributed by atoms with Crippen molar-refractivity contribution >= 4 is 11.8 Å². The van der Waals surface area contributed by atoms with Crippen molar-refractivity contribution < 1.29 is 14.3 Å². The quantitative estimate of drug-likeness (QED) is 0.500. The Bertz CT molecular complexity index is 943. The number of likely N-dealkylation sites (tertiary alicyclic amines) is 1. The highest BCUT2D eigenvalue weighted by atomic mass is 16.5. The molecule has 140 valence electrons. The maximum atomic E-state index is 13.0. The van der Waals surface area contributed by atoms with E-state index in [-0.39, 0.29) is 24.7 Å². The fourth-order valence-corrected chi connectivity index (χ4v) is 4.11. The van der Waals surface area contributed by atoms with Crippen molar-refractivity contribution in [3.63, 3.8) is 0 Å². The maximum Gasteiger partial charge on any atom is 0.231 e. The first-order valence-electron chi connectivity index (χ1n) is 9.30. The van der Waals surface area contributed by atoms with Gasteiger partial charge in [0.1, 0.15) is 11.3 Å². The Morgan fingerprint density at radius 1 is 0.714 bits per heavy atom. The second-order valence-corrected chi connectivity index (χ2v) is 6.77. The van der Waals surface area contributed by atoms with Gasteiger partial charge in [0.15, 0.2) is 0 Å². The van der Waals surface area contributed by atoms with Gasteiger partial charge in [-0.1, -0.05) is 78.9 Å². The molecule has 1 aliphatic heterocycles. The molecule has 3 aromatic carbocycles. The number of hydrogen-bond donors (Lipinski definition) is 0. The van der Waals surface area contributed by atoms with E-state index in [4.69, 9.17) is 4.74 Å². The zero-order valence-electron chi connectivity index (χ0n) is 15.7. The van der Waals surface area contributed by atoms with Crippen LogP contribution in [0.3, 0.4) is 0 Å².